The van der Waals surface area contributed by atoms with Crippen molar-refractivity contribution in [3.8, 4) is 5.75 Å². The third-order valence-electron chi connectivity index (χ3n) is 2.36. The van der Waals surface area contributed by atoms with E-state index < -0.39 is 40.2 Å². The third kappa shape index (κ3) is 4.90. The third-order valence-corrected chi connectivity index (χ3v) is 4.17. The summed E-state index contributed by atoms with van der Waals surface area (Å²) in [5.74, 6) is -1.37. The molecule has 0 aromatic heterocycles. The predicted octanol–water partition coefficient (Wildman–Crippen LogP) is 1.33. The molecular formula is C11H12F3NO5S. The lowest BCUT2D eigenvalue weighted by Gasteiger charge is -2.21. The highest BCUT2D eigenvalue weighted by molar-refractivity contribution is 7.89. The van der Waals surface area contributed by atoms with Gasteiger partial charge >= 0.3 is 12.1 Å². The number of benzene rings is 1. The summed E-state index contributed by atoms with van der Waals surface area (Å²) < 4.78 is 66.0. The second kappa shape index (κ2) is 6.31. The van der Waals surface area contributed by atoms with Gasteiger partial charge in [0.1, 0.15) is 18.8 Å². The number of halogens is 3. The van der Waals surface area contributed by atoms with Gasteiger partial charge < -0.3 is 9.84 Å². The van der Waals surface area contributed by atoms with E-state index in [1.807, 2.05) is 0 Å². The Morgan fingerprint density at radius 2 is 1.81 bits per heavy atom. The van der Waals surface area contributed by atoms with Crippen LogP contribution in [0.2, 0.25) is 0 Å². The summed E-state index contributed by atoms with van der Waals surface area (Å²) >= 11 is 0. The van der Waals surface area contributed by atoms with E-state index >= 15 is 0 Å². The van der Waals surface area contributed by atoms with Gasteiger partial charge in [-0.25, -0.2) is 8.42 Å². The molecule has 1 rings (SSSR count). The van der Waals surface area contributed by atoms with Gasteiger partial charge in [0.25, 0.3) is 0 Å². The maximum atomic E-state index is 12.4. The zero-order valence-electron chi connectivity index (χ0n) is 10.8. The van der Waals surface area contributed by atoms with Crippen LogP contribution in [-0.4, -0.2) is 50.2 Å². The van der Waals surface area contributed by atoms with Gasteiger partial charge in [0.2, 0.25) is 10.0 Å². The number of rotatable bonds is 6. The summed E-state index contributed by atoms with van der Waals surface area (Å²) in [6.45, 7) is -3.17. The van der Waals surface area contributed by atoms with Crippen LogP contribution in [0.15, 0.2) is 29.2 Å². The van der Waals surface area contributed by atoms with Crippen LogP contribution >= 0.6 is 0 Å². The topological polar surface area (TPSA) is 83.9 Å². The predicted molar refractivity (Wildman–Crippen MR) is 65.4 cm³/mol. The van der Waals surface area contributed by atoms with Gasteiger partial charge in [0, 0.05) is 0 Å². The highest BCUT2D eigenvalue weighted by Gasteiger charge is 2.38. The standard InChI is InChI=1S/C11H12F3NO5S/c1-20-8-2-4-9(5-3-8)21(18,19)15(6-10(16)17)7-11(12,13)14/h2-5H,6-7H2,1H3,(H,16,17). The van der Waals surface area contributed by atoms with E-state index in [1.54, 1.807) is 0 Å². The van der Waals surface area contributed by atoms with Crippen LogP contribution in [0, 0.1) is 0 Å². The van der Waals surface area contributed by atoms with Crippen molar-refractivity contribution in [2.75, 3.05) is 20.2 Å². The molecule has 0 unspecified atom stereocenters. The summed E-state index contributed by atoms with van der Waals surface area (Å²) in [4.78, 5) is 10.1. The van der Waals surface area contributed by atoms with Gasteiger partial charge in [-0.05, 0) is 24.3 Å². The van der Waals surface area contributed by atoms with E-state index in [1.165, 1.54) is 19.2 Å². The fourth-order valence-electron chi connectivity index (χ4n) is 1.47. The Balaban J connectivity index is 3.15. The molecule has 0 atom stereocenters. The van der Waals surface area contributed by atoms with E-state index in [0.29, 0.717) is 5.75 Å². The van der Waals surface area contributed by atoms with Crippen molar-refractivity contribution in [2.45, 2.75) is 11.1 Å². The Hall–Kier alpha value is -1.81. The molecule has 10 heteroatoms. The minimum atomic E-state index is -4.85. The summed E-state index contributed by atoms with van der Waals surface area (Å²) in [7, 11) is -3.24. The Morgan fingerprint density at radius 3 is 2.19 bits per heavy atom. The summed E-state index contributed by atoms with van der Waals surface area (Å²) in [6.07, 6.45) is -4.85. The van der Waals surface area contributed by atoms with Gasteiger partial charge in [0.05, 0.1) is 12.0 Å². The number of nitrogens with zero attached hydrogens (tertiary/aromatic N) is 1. The van der Waals surface area contributed by atoms with Crippen molar-refractivity contribution in [3.63, 3.8) is 0 Å². The molecule has 21 heavy (non-hydrogen) atoms. The zero-order valence-corrected chi connectivity index (χ0v) is 11.6. The molecule has 0 saturated carbocycles. The first-order valence-electron chi connectivity index (χ1n) is 5.49. The van der Waals surface area contributed by atoms with E-state index in [2.05, 4.69) is 0 Å². The number of methoxy groups -OCH3 is 1. The van der Waals surface area contributed by atoms with Crippen LogP contribution in [-0.2, 0) is 14.8 Å². The molecule has 0 heterocycles. The van der Waals surface area contributed by atoms with Crippen LogP contribution in [0.1, 0.15) is 0 Å². The number of hydrogen-bond acceptors (Lipinski definition) is 4. The highest BCUT2D eigenvalue weighted by Crippen LogP contribution is 2.23. The Bertz CT molecular complexity index is 597. The first-order valence-corrected chi connectivity index (χ1v) is 6.93. The minimum Gasteiger partial charge on any atom is -0.497 e. The quantitative estimate of drug-likeness (QED) is 0.852. The van der Waals surface area contributed by atoms with Crippen LogP contribution < -0.4 is 4.74 Å². The van der Waals surface area contributed by atoms with E-state index in [4.69, 9.17) is 9.84 Å². The molecule has 0 fully saturated rings. The maximum absolute atomic E-state index is 12.4. The molecular weight excluding hydrogens is 315 g/mol. The van der Waals surface area contributed by atoms with Crippen molar-refractivity contribution >= 4 is 16.0 Å². The SMILES string of the molecule is COc1ccc(S(=O)(=O)N(CC(=O)O)CC(F)(F)F)cc1. The largest absolute Gasteiger partial charge is 0.497 e. The maximum Gasteiger partial charge on any atom is 0.402 e. The molecule has 0 aliphatic carbocycles. The number of carboxylic acid groups (broad SMARTS) is 1. The molecule has 118 valence electrons. The molecule has 0 radical (unpaired) electrons. The van der Waals surface area contributed by atoms with Crippen molar-refractivity contribution in [1.82, 2.24) is 4.31 Å². The number of carboxylic acids is 1. The number of carbonyl (C=O) groups is 1. The fraction of sp³-hybridized carbons (Fsp3) is 0.364. The first-order chi connectivity index (χ1) is 9.56. The molecule has 0 saturated heterocycles. The van der Waals surface area contributed by atoms with Crippen LogP contribution in [0.4, 0.5) is 13.2 Å². The van der Waals surface area contributed by atoms with Gasteiger partial charge in [-0.1, -0.05) is 0 Å². The minimum absolute atomic E-state index is 0.142. The van der Waals surface area contributed by atoms with E-state index in [-0.39, 0.29) is 4.31 Å². The highest BCUT2D eigenvalue weighted by atomic mass is 32.2. The summed E-state index contributed by atoms with van der Waals surface area (Å²) in [5.41, 5.74) is 0. The number of alkyl halides is 3. The number of sulfonamides is 1. The molecule has 0 bridgehead atoms. The van der Waals surface area contributed by atoms with Crippen molar-refractivity contribution < 1.29 is 36.2 Å². The van der Waals surface area contributed by atoms with Crippen molar-refractivity contribution in [1.29, 1.82) is 0 Å². The van der Waals surface area contributed by atoms with Gasteiger partial charge in [-0.2, -0.15) is 17.5 Å². The van der Waals surface area contributed by atoms with Gasteiger partial charge in [-0.3, -0.25) is 4.79 Å². The summed E-state index contributed by atoms with van der Waals surface area (Å²) in [6, 6.07) is 4.58. The molecule has 1 aromatic rings. The van der Waals surface area contributed by atoms with Gasteiger partial charge in [0.15, 0.2) is 0 Å². The number of aliphatic carboxylic acids is 1. The van der Waals surface area contributed by atoms with Gasteiger partial charge in [-0.15, -0.1) is 0 Å². The van der Waals surface area contributed by atoms with Crippen molar-refractivity contribution in [3.05, 3.63) is 24.3 Å². The second-order valence-corrected chi connectivity index (χ2v) is 5.90. The number of ether oxygens (including phenoxy) is 1. The van der Waals surface area contributed by atoms with Crippen LogP contribution in [0.5, 0.6) is 5.75 Å². The first kappa shape index (κ1) is 17.2. The van der Waals surface area contributed by atoms with Crippen LogP contribution in [0.25, 0.3) is 0 Å². The molecule has 0 aliphatic heterocycles. The normalized spacial score (nSPS) is 12.4. The molecule has 0 spiro atoms. The smallest absolute Gasteiger partial charge is 0.402 e. The average molecular weight is 327 g/mol. The molecule has 0 aliphatic rings. The number of hydrogen-bond donors (Lipinski definition) is 1. The average Bonchev–Trinajstić information content (AvgIpc) is 2.36. The molecule has 6 nitrogen and oxygen atoms in total. The second-order valence-electron chi connectivity index (χ2n) is 3.96. The zero-order chi connectivity index (χ0) is 16.3. The molecule has 1 aromatic carbocycles. The summed E-state index contributed by atoms with van der Waals surface area (Å²) in [5, 5.41) is 8.58. The monoisotopic (exact) mass is 327 g/mol. The Morgan fingerprint density at radius 1 is 1.29 bits per heavy atom. The van der Waals surface area contributed by atoms with E-state index in [9.17, 15) is 26.4 Å². The van der Waals surface area contributed by atoms with Crippen molar-refractivity contribution in [2.24, 2.45) is 0 Å². The Labute approximate surface area is 118 Å². The molecule has 0 amide bonds. The Kier molecular flexibility index (Phi) is 5.18. The lowest BCUT2D eigenvalue weighted by Crippen LogP contribution is -2.41. The lowest BCUT2D eigenvalue weighted by molar-refractivity contribution is -0.146. The fourth-order valence-corrected chi connectivity index (χ4v) is 2.85. The van der Waals surface area contributed by atoms with Crippen LogP contribution in [0.3, 0.4) is 0 Å². The van der Waals surface area contributed by atoms with E-state index in [0.717, 1.165) is 12.1 Å². The molecule has 1 N–H and O–H groups in total. The lowest BCUT2D eigenvalue weighted by atomic mass is 10.3.